The first-order chi connectivity index (χ1) is 14.2. The highest BCUT2D eigenvalue weighted by Gasteiger charge is 2.36. The van der Waals surface area contributed by atoms with Crippen molar-refractivity contribution in [3.63, 3.8) is 0 Å². The molecule has 4 rings (SSSR count). The summed E-state index contributed by atoms with van der Waals surface area (Å²) < 4.78 is 41.1. The number of nitrogens with one attached hydrogen (secondary N) is 1. The van der Waals surface area contributed by atoms with Crippen LogP contribution in [0, 0.1) is 6.92 Å². The molecule has 158 valence electrons. The Morgan fingerprint density at radius 2 is 2.10 bits per heavy atom. The highest BCUT2D eigenvalue weighted by molar-refractivity contribution is 9.10. The molecule has 0 unspecified atom stereocenters. The molecule has 0 bridgehead atoms. The fourth-order valence-corrected chi connectivity index (χ4v) is 3.81. The van der Waals surface area contributed by atoms with Crippen molar-refractivity contribution >= 4 is 38.5 Å². The van der Waals surface area contributed by atoms with Gasteiger partial charge in [-0.15, -0.1) is 0 Å². The van der Waals surface area contributed by atoms with Gasteiger partial charge in [0.2, 0.25) is 5.82 Å². The lowest BCUT2D eigenvalue weighted by Gasteiger charge is -2.16. The van der Waals surface area contributed by atoms with Crippen molar-refractivity contribution in [2.45, 2.75) is 32.2 Å². The second-order valence-corrected chi connectivity index (χ2v) is 8.17. The Morgan fingerprint density at radius 1 is 1.30 bits per heavy atom. The number of halogens is 4. The lowest BCUT2D eigenvalue weighted by atomic mass is 10.2. The van der Waals surface area contributed by atoms with Crippen LogP contribution in [-0.4, -0.2) is 44.2 Å². The van der Waals surface area contributed by atoms with Crippen molar-refractivity contribution in [2.75, 3.05) is 18.4 Å². The average Bonchev–Trinajstić information content (AvgIpc) is 3.09. The Labute approximate surface area is 179 Å². The fourth-order valence-electron chi connectivity index (χ4n) is 3.45. The quantitative estimate of drug-likeness (QED) is 0.574. The molecule has 0 aliphatic carbocycles. The van der Waals surface area contributed by atoms with Gasteiger partial charge in [0.25, 0.3) is 0 Å². The maximum absolute atomic E-state index is 13.4. The Hall–Kier alpha value is -2.30. The standard InChI is InChI=1S/C20H19BrF3N5O/c1-11-14(21)3-2-4-15(11)26-18-17-16(27-19(28-18)20(22,23)24)7-12(8-25-17)9-29-6-5-13(30)10-29/h2-4,7-8,13,30H,5-6,9-10H2,1H3,(H,26,27,28)/t13-/m1/s1. The molecular formula is C20H19BrF3N5O. The number of likely N-dealkylation sites (tertiary alicyclic amines) is 1. The Bertz CT molecular complexity index is 1090. The Morgan fingerprint density at radius 3 is 2.80 bits per heavy atom. The van der Waals surface area contributed by atoms with E-state index in [-0.39, 0.29) is 23.0 Å². The number of rotatable bonds is 4. The molecule has 3 aromatic rings. The van der Waals surface area contributed by atoms with Crippen LogP contribution in [0.25, 0.3) is 11.0 Å². The zero-order chi connectivity index (χ0) is 21.5. The van der Waals surface area contributed by atoms with E-state index in [1.807, 2.05) is 17.9 Å². The van der Waals surface area contributed by atoms with Crippen molar-refractivity contribution < 1.29 is 18.3 Å². The van der Waals surface area contributed by atoms with Crippen molar-refractivity contribution in [2.24, 2.45) is 0 Å². The Kier molecular flexibility index (Phi) is 5.65. The smallest absolute Gasteiger partial charge is 0.392 e. The summed E-state index contributed by atoms with van der Waals surface area (Å²) in [5.74, 6) is -1.22. The van der Waals surface area contributed by atoms with Crippen LogP contribution in [0.1, 0.15) is 23.4 Å². The molecule has 1 saturated heterocycles. The molecule has 2 aromatic heterocycles. The maximum atomic E-state index is 13.4. The van der Waals surface area contributed by atoms with E-state index < -0.39 is 12.0 Å². The van der Waals surface area contributed by atoms with E-state index in [1.165, 1.54) is 0 Å². The van der Waals surface area contributed by atoms with E-state index in [4.69, 9.17) is 0 Å². The van der Waals surface area contributed by atoms with Crippen LogP contribution in [-0.2, 0) is 12.7 Å². The number of benzene rings is 1. The molecule has 0 radical (unpaired) electrons. The topological polar surface area (TPSA) is 74.2 Å². The van der Waals surface area contributed by atoms with Crippen LogP contribution in [0.4, 0.5) is 24.7 Å². The summed E-state index contributed by atoms with van der Waals surface area (Å²) in [6.45, 7) is 3.59. The van der Waals surface area contributed by atoms with Crippen LogP contribution in [0.3, 0.4) is 0 Å². The molecule has 1 atom stereocenters. The van der Waals surface area contributed by atoms with Crippen LogP contribution in [0.2, 0.25) is 0 Å². The van der Waals surface area contributed by atoms with E-state index >= 15 is 0 Å². The predicted molar refractivity (Wildman–Crippen MR) is 110 cm³/mol. The lowest BCUT2D eigenvalue weighted by Crippen LogP contribution is -2.21. The molecule has 2 N–H and O–H groups in total. The molecule has 0 spiro atoms. The van der Waals surface area contributed by atoms with Gasteiger partial charge >= 0.3 is 6.18 Å². The highest BCUT2D eigenvalue weighted by atomic mass is 79.9. The minimum absolute atomic E-state index is 0.00308. The van der Waals surface area contributed by atoms with Gasteiger partial charge in [0.05, 0.1) is 11.6 Å². The number of nitrogens with zero attached hydrogens (tertiary/aromatic N) is 4. The van der Waals surface area contributed by atoms with Crippen LogP contribution in [0.15, 0.2) is 34.9 Å². The zero-order valence-corrected chi connectivity index (χ0v) is 17.6. The third-order valence-electron chi connectivity index (χ3n) is 5.02. The number of pyridine rings is 1. The summed E-state index contributed by atoms with van der Waals surface area (Å²) >= 11 is 3.42. The minimum Gasteiger partial charge on any atom is -0.392 e. The van der Waals surface area contributed by atoms with Gasteiger partial charge in [0.1, 0.15) is 5.52 Å². The normalized spacial score (nSPS) is 17.6. The van der Waals surface area contributed by atoms with Crippen LogP contribution in [0.5, 0.6) is 0 Å². The number of β-amino-alcohol motifs (C(OH)–C–C–N with tert-alkyl or cyclic N) is 1. The molecular weight excluding hydrogens is 463 g/mol. The van der Waals surface area contributed by atoms with Gasteiger partial charge in [-0.2, -0.15) is 13.2 Å². The van der Waals surface area contributed by atoms with Gasteiger partial charge in [-0.1, -0.05) is 22.0 Å². The van der Waals surface area contributed by atoms with Crippen LogP contribution < -0.4 is 5.32 Å². The second-order valence-electron chi connectivity index (χ2n) is 7.32. The van der Waals surface area contributed by atoms with Gasteiger partial charge in [-0.05, 0) is 42.7 Å². The van der Waals surface area contributed by atoms with Crippen molar-refractivity contribution in [1.29, 1.82) is 0 Å². The summed E-state index contributed by atoms with van der Waals surface area (Å²) in [6, 6.07) is 6.99. The van der Waals surface area contributed by atoms with E-state index in [0.29, 0.717) is 25.2 Å². The minimum atomic E-state index is -4.69. The van der Waals surface area contributed by atoms with E-state index in [9.17, 15) is 18.3 Å². The van der Waals surface area contributed by atoms with Gasteiger partial charge in [0.15, 0.2) is 5.82 Å². The lowest BCUT2D eigenvalue weighted by molar-refractivity contribution is -0.144. The number of aliphatic hydroxyl groups is 1. The van der Waals surface area contributed by atoms with E-state index in [0.717, 1.165) is 22.1 Å². The first kappa shape index (κ1) is 21.0. The summed E-state index contributed by atoms with van der Waals surface area (Å²) in [4.78, 5) is 13.8. The van der Waals surface area contributed by atoms with Crippen molar-refractivity contribution in [3.8, 4) is 0 Å². The van der Waals surface area contributed by atoms with Gasteiger partial charge in [0, 0.05) is 36.0 Å². The summed E-state index contributed by atoms with van der Waals surface area (Å²) in [6.07, 6.45) is -2.77. The summed E-state index contributed by atoms with van der Waals surface area (Å²) in [5.41, 5.74) is 2.56. The molecule has 1 aliphatic heterocycles. The van der Waals surface area contributed by atoms with Gasteiger partial charge in [-0.25, -0.2) is 9.97 Å². The molecule has 6 nitrogen and oxygen atoms in total. The first-order valence-corrected chi connectivity index (χ1v) is 10.2. The number of hydrogen-bond donors (Lipinski definition) is 2. The number of aromatic nitrogens is 3. The second kappa shape index (κ2) is 8.09. The molecule has 10 heteroatoms. The first-order valence-electron chi connectivity index (χ1n) is 9.37. The van der Waals surface area contributed by atoms with E-state index in [2.05, 4.69) is 36.2 Å². The fraction of sp³-hybridized carbons (Fsp3) is 0.350. The molecule has 1 aromatic carbocycles. The molecule has 0 amide bonds. The largest absolute Gasteiger partial charge is 0.451 e. The number of hydrogen-bond acceptors (Lipinski definition) is 6. The molecule has 0 saturated carbocycles. The van der Waals surface area contributed by atoms with Gasteiger partial charge < -0.3 is 10.4 Å². The van der Waals surface area contributed by atoms with E-state index in [1.54, 1.807) is 24.4 Å². The summed E-state index contributed by atoms with van der Waals surface area (Å²) in [5, 5.41) is 12.7. The molecule has 30 heavy (non-hydrogen) atoms. The number of aliphatic hydroxyl groups excluding tert-OH is 1. The SMILES string of the molecule is Cc1c(Br)cccc1Nc1nc(C(F)(F)F)nc2cc(CN3CC[C@@H](O)C3)cnc12. The van der Waals surface area contributed by atoms with Crippen molar-refractivity contribution in [3.05, 3.63) is 51.9 Å². The van der Waals surface area contributed by atoms with Crippen LogP contribution >= 0.6 is 15.9 Å². The monoisotopic (exact) mass is 481 g/mol. The zero-order valence-electron chi connectivity index (χ0n) is 16.0. The Balaban J connectivity index is 1.75. The molecule has 1 aliphatic rings. The third kappa shape index (κ3) is 4.40. The maximum Gasteiger partial charge on any atom is 0.451 e. The molecule has 1 fully saturated rings. The predicted octanol–water partition coefficient (Wildman–Crippen LogP) is 4.42. The van der Waals surface area contributed by atoms with Gasteiger partial charge in [-0.3, -0.25) is 9.88 Å². The number of fused-ring (bicyclic) bond motifs is 1. The average molecular weight is 482 g/mol. The number of alkyl halides is 3. The third-order valence-corrected chi connectivity index (χ3v) is 5.88. The summed E-state index contributed by atoms with van der Waals surface area (Å²) in [7, 11) is 0. The highest BCUT2D eigenvalue weighted by Crippen LogP contribution is 2.33. The molecule has 3 heterocycles. The number of anilines is 2. The van der Waals surface area contributed by atoms with Crippen molar-refractivity contribution in [1.82, 2.24) is 19.9 Å².